The molecule has 0 aliphatic carbocycles. The monoisotopic (exact) mass is 345 g/mol. The highest BCUT2D eigenvalue weighted by atomic mass is 79.9. The average Bonchev–Trinajstić information content (AvgIpc) is 2.74. The van der Waals surface area contributed by atoms with E-state index in [1.165, 1.54) is 12.1 Å². The van der Waals surface area contributed by atoms with Crippen LogP contribution in [0.3, 0.4) is 0 Å². The summed E-state index contributed by atoms with van der Waals surface area (Å²) in [5.74, 6) is -1.04. The van der Waals surface area contributed by atoms with E-state index >= 15 is 0 Å². The molecule has 0 bridgehead atoms. The summed E-state index contributed by atoms with van der Waals surface area (Å²) in [6, 6.07) is 5.63. The van der Waals surface area contributed by atoms with Crippen molar-refractivity contribution in [2.45, 2.75) is 19.4 Å². The lowest BCUT2D eigenvalue weighted by Gasteiger charge is -2.18. The summed E-state index contributed by atoms with van der Waals surface area (Å²) in [5.41, 5.74) is 0.507. The Labute approximate surface area is 123 Å². The summed E-state index contributed by atoms with van der Waals surface area (Å²) in [5, 5.41) is 5.25. The molecular weight excluding hydrogens is 332 g/mol. The van der Waals surface area contributed by atoms with Crippen molar-refractivity contribution in [3.05, 3.63) is 56.2 Å². The standard InChI is InChI=1S/C14H14BrF2NS/c1-2-18-14(7-11-5-9(15)8-19-11)12-4-3-10(16)6-13(12)17/h3-6,8,14,18H,2,7H2,1H3. The van der Waals surface area contributed by atoms with Gasteiger partial charge in [-0.25, -0.2) is 8.78 Å². The first-order valence-electron chi connectivity index (χ1n) is 6.01. The minimum atomic E-state index is -0.546. The highest BCUT2D eigenvalue weighted by Crippen LogP contribution is 2.27. The molecule has 1 nitrogen and oxygen atoms in total. The number of thiophene rings is 1. The van der Waals surface area contributed by atoms with Gasteiger partial charge in [-0.3, -0.25) is 0 Å². The van der Waals surface area contributed by atoms with Crippen LogP contribution in [0.2, 0.25) is 0 Å². The van der Waals surface area contributed by atoms with Crippen molar-refractivity contribution in [1.29, 1.82) is 0 Å². The van der Waals surface area contributed by atoms with Crippen molar-refractivity contribution >= 4 is 27.3 Å². The van der Waals surface area contributed by atoms with E-state index in [4.69, 9.17) is 0 Å². The smallest absolute Gasteiger partial charge is 0.130 e. The summed E-state index contributed by atoms with van der Waals surface area (Å²) >= 11 is 5.03. The number of halogens is 3. The normalized spacial score (nSPS) is 12.6. The Morgan fingerprint density at radius 1 is 1.32 bits per heavy atom. The topological polar surface area (TPSA) is 12.0 Å². The van der Waals surface area contributed by atoms with E-state index in [2.05, 4.69) is 21.2 Å². The van der Waals surface area contributed by atoms with Gasteiger partial charge < -0.3 is 5.32 Å². The highest BCUT2D eigenvalue weighted by molar-refractivity contribution is 9.10. The van der Waals surface area contributed by atoms with E-state index in [0.29, 0.717) is 12.0 Å². The fourth-order valence-electron chi connectivity index (χ4n) is 1.98. The van der Waals surface area contributed by atoms with Crippen molar-refractivity contribution in [3.63, 3.8) is 0 Å². The van der Waals surface area contributed by atoms with Gasteiger partial charge in [-0.1, -0.05) is 13.0 Å². The second-order valence-corrected chi connectivity index (χ2v) is 6.12. The molecule has 5 heteroatoms. The fourth-order valence-corrected chi connectivity index (χ4v) is 3.48. The molecular formula is C14H14BrF2NS. The van der Waals surface area contributed by atoms with Crippen LogP contribution in [0.15, 0.2) is 34.1 Å². The third kappa shape index (κ3) is 3.84. The Kier molecular flexibility index (Phi) is 5.07. The molecule has 0 saturated carbocycles. The molecule has 0 aliphatic heterocycles. The third-order valence-electron chi connectivity index (χ3n) is 2.82. The lowest BCUT2D eigenvalue weighted by atomic mass is 10.0. The van der Waals surface area contributed by atoms with Crippen LogP contribution in [0, 0.1) is 11.6 Å². The molecule has 0 fully saturated rings. The van der Waals surface area contributed by atoms with Crippen molar-refractivity contribution < 1.29 is 8.78 Å². The minimum absolute atomic E-state index is 0.142. The summed E-state index contributed by atoms with van der Waals surface area (Å²) in [4.78, 5) is 1.15. The van der Waals surface area contributed by atoms with E-state index in [1.807, 2.05) is 18.4 Å². The molecule has 1 unspecified atom stereocenters. The maximum atomic E-state index is 13.8. The zero-order valence-electron chi connectivity index (χ0n) is 10.4. The molecule has 2 aromatic rings. The number of nitrogens with one attached hydrogen (secondary N) is 1. The number of rotatable bonds is 5. The first kappa shape index (κ1) is 14.6. The van der Waals surface area contributed by atoms with Gasteiger partial charge in [0.25, 0.3) is 0 Å². The van der Waals surface area contributed by atoms with Crippen LogP contribution in [0.5, 0.6) is 0 Å². The molecule has 1 aromatic heterocycles. The van der Waals surface area contributed by atoms with E-state index in [0.717, 1.165) is 22.0 Å². The molecule has 0 radical (unpaired) electrons. The van der Waals surface area contributed by atoms with Gasteiger partial charge in [0.05, 0.1) is 0 Å². The largest absolute Gasteiger partial charge is 0.310 e. The molecule has 1 N–H and O–H groups in total. The Morgan fingerprint density at radius 2 is 2.11 bits per heavy atom. The second kappa shape index (κ2) is 6.59. The van der Waals surface area contributed by atoms with E-state index in [9.17, 15) is 8.78 Å². The Hall–Kier alpha value is -0.780. The summed E-state index contributed by atoms with van der Waals surface area (Å²) < 4.78 is 27.8. The van der Waals surface area contributed by atoms with Crippen LogP contribution in [-0.4, -0.2) is 6.54 Å². The first-order chi connectivity index (χ1) is 9.10. The molecule has 0 spiro atoms. The van der Waals surface area contributed by atoms with Gasteiger partial charge in [0.15, 0.2) is 0 Å². The van der Waals surface area contributed by atoms with E-state index in [1.54, 1.807) is 11.3 Å². The van der Waals surface area contributed by atoms with E-state index < -0.39 is 11.6 Å². The van der Waals surface area contributed by atoms with Crippen LogP contribution in [0.4, 0.5) is 8.78 Å². The molecule has 1 heterocycles. The zero-order chi connectivity index (χ0) is 13.8. The second-order valence-electron chi connectivity index (χ2n) is 4.21. The highest BCUT2D eigenvalue weighted by Gasteiger charge is 2.16. The van der Waals surface area contributed by atoms with Gasteiger partial charge in [-0.15, -0.1) is 11.3 Å². The molecule has 0 amide bonds. The fraction of sp³-hybridized carbons (Fsp3) is 0.286. The molecule has 0 aliphatic rings. The lowest BCUT2D eigenvalue weighted by molar-refractivity contribution is 0.504. The van der Waals surface area contributed by atoms with Crippen LogP contribution in [0.25, 0.3) is 0 Å². The maximum Gasteiger partial charge on any atom is 0.130 e. The SMILES string of the molecule is CCNC(Cc1cc(Br)cs1)c1ccc(F)cc1F. The van der Waals surface area contributed by atoms with E-state index in [-0.39, 0.29) is 6.04 Å². The van der Waals surface area contributed by atoms with Crippen molar-refractivity contribution in [3.8, 4) is 0 Å². The molecule has 102 valence electrons. The van der Waals surface area contributed by atoms with Gasteiger partial charge in [-0.05, 0) is 34.6 Å². The number of likely N-dealkylation sites (N-methyl/N-ethyl adjacent to an activating group) is 1. The van der Waals surface area contributed by atoms with Gasteiger partial charge in [0.1, 0.15) is 11.6 Å². The Morgan fingerprint density at radius 3 is 2.68 bits per heavy atom. The first-order valence-corrected chi connectivity index (χ1v) is 7.68. The average molecular weight is 346 g/mol. The lowest BCUT2D eigenvalue weighted by Crippen LogP contribution is -2.23. The van der Waals surface area contributed by atoms with Crippen LogP contribution in [0.1, 0.15) is 23.4 Å². The number of benzene rings is 1. The molecule has 2 rings (SSSR count). The zero-order valence-corrected chi connectivity index (χ0v) is 12.8. The molecule has 19 heavy (non-hydrogen) atoms. The predicted molar refractivity (Wildman–Crippen MR) is 78.5 cm³/mol. The Balaban J connectivity index is 2.23. The summed E-state index contributed by atoms with van der Waals surface area (Å²) in [6.07, 6.45) is 0.687. The van der Waals surface area contributed by atoms with Crippen molar-refractivity contribution in [2.24, 2.45) is 0 Å². The van der Waals surface area contributed by atoms with Crippen molar-refractivity contribution in [2.75, 3.05) is 6.54 Å². The molecule has 1 aromatic carbocycles. The minimum Gasteiger partial charge on any atom is -0.310 e. The molecule has 1 atom stereocenters. The van der Waals surface area contributed by atoms with Gasteiger partial charge in [0, 0.05) is 38.8 Å². The van der Waals surface area contributed by atoms with Gasteiger partial charge in [0.2, 0.25) is 0 Å². The predicted octanol–water partition coefficient (Wildman–Crippen LogP) is 4.68. The summed E-state index contributed by atoms with van der Waals surface area (Å²) in [7, 11) is 0. The number of hydrogen-bond acceptors (Lipinski definition) is 2. The van der Waals surface area contributed by atoms with Gasteiger partial charge >= 0.3 is 0 Å². The third-order valence-corrected chi connectivity index (χ3v) is 4.54. The van der Waals surface area contributed by atoms with Crippen LogP contribution < -0.4 is 5.32 Å². The van der Waals surface area contributed by atoms with Crippen LogP contribution >= 0.6 is 27.3 Å². The van der Waals surface area contributed by atoms with Gasteiger partial charge in [-0.2, -0.15) is 0 Å². The van der Waals surface area contributed by atoms with Crippen molar-refractivity contribution in [1.82, 2.24) is 5.32 Å². The number of hydrogen-bond donors (Lipinski definition) is 1. The quantitative estimate of drug-likeness (QED) is 0.829. The van der Waals surface area contributed by atoms with Crippen LogP contribution in [-0.2, 0) is 6.42 Å². The summed E-state index contributed by atoms with van der Waals surface area (Å²) in [6.45, 7) is 2.70. The maximum absolute atomic E-state index is 13.8. The molecule has 0 saturated heterocycles. The Bertz CT molecular complexity index is 556.